The smallest absolute Gasteiger partial charge is 0.261 e. The van der Waals surface area contributed by atoms with E-state index in [1.54, 1.807) is 11.4 Å². The highest BCUT2D eigenvalue weighted by Crippen LogP contribution is 2.42. The maximum absolute atomic E-state index is 13.6. The maximum Gasteiger partial charge on any atom is 0.261 e. The molecule has 0 saturated carbocycles. The first-order chi connectivity index (χ1) is 12.5. The molecule has 0 unspecified atom stereocenters. The van der Waals surface area contributed by atoms with E-state index in [9.17, 15) is 8.42 Å². The molecule has 6 nitrogen and oxygen atoms in total. The molecule has 0 amide bonds. The lowest BCUT2D eigenvalue weighted by Crippen LogP contribution is -2.44. The summed E-state index contributed by atoms with van der Waals surface area (Å²) >= 11 is 0. The van der Waals surface area contributed by atoms with E-state index in [4.69, 9.17) is 4.74 Å². The zero-order chi connectivity index (χ0) is 18.3. The number of para-hydroxylation sites is 1. The highest BCUT2D eigenvalue weighted by Gasteiger charge is 2.41. The van der Waals surface area contributed by atoms with Crippen molar-refractivity contribution in [2.45, 2.75) is 62.7 Å². The van der Waals surface area contributed by atoms with Crippen molar-refractivity contribution in [1.29, 1.82) is 0 Å². The largest absolute Gasteiger partial charge is 0.496 e. The highest BCUT2D eigenvalue weighted by atomic mass is 32.2. The van der Waals surface area contributed by atoms with Crippen molar-refractivity contribution >= 4 is 10.0 Å². The number of sulfonamides is 1. The third-order valence-electron chi connectivity index (χ3n) is 5.56. The molecule has 1 aromatic heterocycles. The van der Waals surface area contributed by atoms with Crippen LogP contribution in [0.25, 0.3) is 0 Å². The summed E-state index contributed by atoms with van der Waals surface area (Å²) in [5, 5.41) is 0.332. The number of aromatic nitrogens is 2. The van der Waals surface area contributed by atoms with E-state index in [2.05, 4.69) is 4.98 Å². The molecule has 4 rings (SSSR count). The summed E-state index contributed by atoms with van der Waals surface area (Å²) in [5.74, 6) is 1.62. The molecule has 0 radical (unpaired) electrons. The summed E-state index contributed by atoms with van der Waals surface area (Å²) in [4.78, 5) is 4.35. The first kappa shape index (κ1) is 17.5. The van der Waals surface area contributed by atoms with Gasteiger partial charge in [-0.15, -0.1) is 0 Å². The average Bonchev–Trinajstić information content (AvgIpc) is 3.24. The van der Waals surface area contributed by atoms with Crippen LogP contribution in [0.2, 0.25) is 0 Å². The van der Waals surface area contributed by atoms with Crippen molar-refractivity contribution in [3.8, 4) is 5.75 Å². The third-order valence-corrected chi connectivity index (χ3v) is 7.59. The summed E-state index contributed by atoms with van der Waals surface area (Å²) in [5.41, 5.74) is 0.936. The van der Waals surface area contributed by atoms with Crippen LogP contribution in [0.3, 0.4) is 0 Å². The van der Waals surface area contributed by atoms with Crippen LogP contribution in [0, 0.1) is 0 Å². The Labute approximate surface area is 154 Å². The lowest BCUT2D eigenvalue weighted by molar-refractivity contribution is 0.188. The Hall–Kier alpha value is -1.86. The van der Waals surface area contributed by atoms with E-state index < -0.39 is 10.0 Å². The number of benzene rings is 1. The number of ether oxygens (including phenoxy) is 1. The Bertz CT molecular complexity index is 907. The zero-order valence-electron chi connectivity index (χ0n) is 15.3. The molecule has 7 heteroatoms. The number of rotatable bonds is 4. The first-order valence-corrected chi connectivity index (χ1v) is 10.7. The first-order valence-electron chi connectivity index (χ1n) is 9.25. The Balaban J connectivity index is 1.80. The molecular weight excluding hydrogens is 350 g/mol. The second-order valence-corrected chi connectivity index (χ2v) is 8.93. The number of methoxy groups -OCH3 is 1. The Kier molecular flexibility index (Phi) is 4.52. The molecule has 0 N–H and O–H groups in total. The van der Waals surface area contributed by atoms with Crippen LogP contribution in [0.1, 0.15) is 50.0 Å². The van der Waals surface area contributed by atoms with Crippen LogP contribution in [0.15, 0.2) is 35.5 Å². The summed E-state index contributed by atoms with van der Waals surface area (Å²) in [6.07, 6.45) is 6.00. The van der Waals surface area contributed by atoms with Crippen molar-refractivity contribution in [2.24, 2.45) is 0 Å². The number of piperidine rings is 1. The maximum atomic E-state index is 13.6. The molecule has 26 heavy (non-hydrogen) atoms. The van der Waals surface area contributed by atoms with E-state index >= 15 is 0 Å². The van der Waals surface area contributed by atoms with Gasteiger partial charge in [0.25, 0.3) is 10.0 Å². The molecule has 2 aliphatic rings. The fourth-order valence-corrected chi connectivity index (χ4v) is 6.36. The number of hydrogen-bond donors (Lipinski definition) is 0. The van der Waals surface area contributed by atoms with E-state index in [0.29, 0.717) is 5.03 Å². The molecule has 1 fully saturated rings. The van der Waals surface area contributed by atoms with Crippen LogP contribution in [0.5, 0.6) is 5.75 Å². The van der Waals surface area contributed by atoms with E-state index in [1.807, 2.05) is 35.8 Å². The van der Waals surface area contributed by atoms with Crippen molar-refractivity contribution in [3.63, 3.8) is 0 Å². The number of fused-ring (bicyclic) bond motifs is 1. The minimum atomic E-state index is -3.64. The van der Waals surface area contributed by atoms with Crippen LogP contribution in [-0.4, -0.2) is 35.4 Å². The van der Waals surface area contributed by atoms with Crippen LogP contribution >= 0.6 is 0 Å². The Morgan fingerprint density at radius 2 is 2.00 bits per heavy atom. The van der Waals surface area contributed by atoms with Gasteiger partial charge in [0.1, 0.15) is 11.6 Å². The van der Waals surface area contributed by atoms with Crippen molar-refractivity contribution in [1.82, 2.24) is 13.9 Å². The molecule has 1 aromatic carbocycles. The molecule has 3 heterocycles. The van der Waals surface area contributed by atoms with Gasteiger partial charge in [0, 0.05) is 24.6 Å². The van der Waals surface area contributed by atoms with E-state index in [1.165, 1.54) is 6.20 Å². The molecule has 1 saturated heterocycles. The predicted molar refractivity (Wildman–Crippen MR) is 98.6 cm³/mol. The quantitative estimate of drug-likeness (QED) is 0.823. The predicted octanol–water partition coefficient (Wildman–Crippen LogP) is 3.14. The average molecular weight is 375 g/mol. The standard InChI is InChI=1S/C19H25N3O3S/c1-14-7-5-9-16(15-8-3-4-10-17(15)25-2)22(14)26(23,24)19-13-20-18-11-6-12-21(18)19/h3-4,8,10,13-14,16H,5-7,9,11-12H2,1-2H3/t14-,16-/m1/s1. The fraction of sp³-hybridized carbons (Fsp3) is 0.526. The van der Waals surface area contributed by atoms with Gasteiger partial charge in [-0.1, -0.05) is 18.2 Å². The lowest BCUT2D eigenvalue weighted by Gasteiger charge is -2.40. The number of aryl methyl sites for hydroxylation is 1. The topological polar surface area (TPSA) is 64.4 Å². The van der Waals surface area contributed by atoms with Crippen LogP contribution in [-0.2, 0) is 23.0 Å². The normalized spacial score (nSPS) is 23.8. The summed E-state index contributed by atoms with van der Waals surface area (Å²) < 4.78 is 36.3. The van der Waals surface area contributed by atoms with Crippen LogP contribution < -0.4 is 4.74 Å². The number of nitrogens with zero attached hydrogens (tertiary/aromatic N) is 3. The molecule has 2 atom stereocenters. The third kappa shape index (κ3) is 2.74. The Morgan fingerprint density at radius 1 is 1.19 bits per heavy atom. The molecular formula is C19H25N3O3S. The van der Waals surface area contributed by atoms with Crippen LogP contribution in [0.4, 0.5) is 0 Å². The lowest BCUT2D eigenvalue weighted by atomic mass is 9.93. The molecule has 0 bridgehead atoms. The monoisotopic (exact) mass is 375 g/mol. The highest BCUT2D eigenvalue weighted by molar-refractivity contribution is 7.89. The van der Waals surface area contributed by atoms with Gasteiger partial charge < -0.3 is 9.30 Å². The SMILES string of the molecule is COc1ccccc1[C@H]1CCC[C@@H](C)N1S(=O)(=O)c1cnc2n1CCC2. The number of hydrogen-bond acceptors (Lipinski definition) is 4. The second-order valence-electron chi connectivity index (χ2n) is 7.14. The zero-order valence-corrected chi connectivity index (χ0v) is 16.1. The van der Waals surface area contributed by atoms with Crippen molar-refractivity contribution in [2.75, 3.05) is 7.11 Å². The molecule has 2 aromatic rings. The van der Waals surface area contributed by atoms with E-state index in [0.717, 1.165) is 55.8 Å². The minimum absolute atomic E-state index is 0.0591. The summed E-state index contributed by atoms with van der Waals surface area (Å²) in [7, 11) is -2.00. The van der Waals surface area contributed by atoms with Gasteiger partial charge in [-0.2, -0.15) is 4.31 Å². The second kappa shape index (κ2) is 6.70. The number of imidazole rings is 1. The van der Waals surface area contributed by atoms with Crippen molar-refractivity contribution in [3.05, 3.63) is 41.9 Å². The molecule has 140 valence electrons. The fourth-order valence-electron chi connectivity index (χ4n) is 4.35. The van der Waals surface area contributed by atoms with E-state index in [-0.39, 0.29) is 12.1 Å². The van der Waals surface area contributed by atoms with Gasteiger partial charge in [0.2, 0.25) is 0 Å². The molecule has 0 spiro atoms. The van der Waals surface area contributed by atoms with Crippen molar-refractivity contribution < 1.29 is 13.2 Å². The van der Waals surface area contributed by atoms with Gasteiger partial charge in [0.05, 0.1) is 19.3 Å². The minimum Gasteiger partial charge on any atom is -0.496 e. The van der Waals surface area contributed by atoms with Gasteiger partial charge in [-0.25, -0.2) is 13.4 Å². The molecule has 2 aliphatic heterocycles. The van der Waals surface area contributed by atoms with Gasteiger partial charge in [-0.05, 0) is 38.7 Å². The Morgan fingerprint density at radius 3 is 2.81 bits per heavy atom. The van der Waals surface area contributed by atoms with Gasteiger partial charge in [-0.3, -0.25) is 0 Å². The van der Waals surface area contributed by atoms with Gasteiger partial charge >= 0.3 is 0 Å². The summed E-state index contributed by atoms with van der Waals surface area (Å²) in [6.45, 7) is 2.73. The molecule has 0 aliphatic carbocycles. The summed E-state index contributed by atoms with van der Waals surface area (Å²) in [6, 6.07) is 7.46. The van der Waals surface area contributed by atoms with Gasteiger partial charge in [0.15, 0.2) is 5.03 Å².